The first-order chi connectivity index (χ1) is 9.36. The Morgan fingerprint density at radius 1 is 1.35 bits per heavy atom. The summed E-state index contributed by atoms with van der Waals surface area (Å²) in [5.41, 5.74) is 4.53. The average Bonchev–Trinajstić information content (AvgIpc) is 2.64. The first kappa shape index (κ1) is 14.8. The van der Waals surface area contributed by atoms with Gasteiger partial charge in [0.1, 0.15) is 0 Å². The summed E-state index contributed by atoms with van der Waals surface area (Å²) in [6, 6.07) is 4.92. The van der Waals surface area contributed by atoms with Crippen molar-refractivity contribution in [1.29, 1.82) is 0 Å². The monoisotopic (exact) mass is 287 g/mol. The number of hydrogen-bond acceptors (Lipinski definition) is 3. The van der Waals surface area contributed by atoms with Crippen LogP contribution < -0.4 is 10.7 Å². The quantitative estimate of drug-likeness (QED) is 0.925. The van der Waals surface area contributed by atoms with Gasteiger partial charge in [0.2, 0.25) is 5.91 Å². The molecule has 1 aliphatic rings. The number of nitrogens with zero attached hydrogens (tertiary/aromatic N) is 2. The lowest BCUT2D eigenvalue weighted by atomic mass is 10.1. The van der Waals surface area contributed by atoms with E-state index in [9.17, 15) is 18.0 Å². The summed E-state index contributed by atoms with van der Waals surface area (Å²) in [6.07, 6.45) is -4.32. The Morgan fingerprint density at radius 2 is 2.00 bits per heavy atom. The molecule has 1 amide bonds. The average molecular weight is 287 g/mol. The largest absolute Gasteiger partial charge is 0.418 e. The molecule has 1 saturated heterocycles. The van der Waals surface area contributed by atoms with Crippen LogP contribution in [0.15, 0.2) is 24.3 Å². The van der Waals surface area contributed by atoms with Gasteiger partial charge in [0.05, 0.1) is 11.3 Å². The molecule has 1 aliphatic heterocycles. The Balaban J connectivity index is 2.46. The molecule has 2 rings (SSSR count). The summed E-state index contributed by atoms with van der Waals surface area (Å²) >= 11 is 0. The van der Waals surface area contributed by atoms with Crippen LogP contribution in [0.2, 0.25) is 0 Å². The number of rotatable bonds is 3. The second-order valence-corrected chi connectivity index (χ2v) is 4.73. The highest BCUT2D eigenvalue weighted by Crippen LogP contribution is 2.38. The molecule has 0 bridgehead atoms. The van der Waals surface area contributed by atoms with Crippen molar-refractivity contribution in [2.24, 2.45) is 5.73 Å². The topological polar surface area (TPSA) is 49.6 Å². The molecule has 1 heterocycles. The molecule has 0 radical (unpaired) electrons. The molecule has 0 spiro atoms. The first-order valence-electron chi connectivity index (χ1n) is 6.32. The molecule has 110 valence electrons. The van der Waals surface area contributed by atoms with Gasteiger partial charge in [-0.3, -0.25) is 4.79 Å². The number of alkyl halides is 3. The van der Waals surface area contributed by atoms with E-state index in [2.05, 4.69) is 0 Å². The number of carbonyl (C=O) groups excluding carboxylic acids is 1. The Bertz CT molecular complexity index is 504. The van der Waals surface area contributed by atoms with E-state index in [1.807, 2.05) is 0 Å². The van der Waals surface area contributed by atoms with Gasteiger partial charge in [0.15, 0.2) is 0 Å². The Kier molecular flexibility index (Phi) is 4.01. The number of hydrogen-bond donors (Lipinski definition) is 1. The molecule has 0 aliphatic carbocycles. The molecule has 0 aromatic heterocycles. The predicted molar refractivity (Wildman–Crippen MR) is 68.8 cm³/mol. The molecule has 1 atom stereocenters. The lowest BCUT2D eigenvalue weighted by Gasteiger charge is -2.32. The molecule has 7 heteroatoms. The maximum Gasteiger partial charge on any atom is 0.418 e. The first-order valence-corrected chi connectivity index (χ1v) is 6.32. The van der Waals surface area contributed by atoms with Crippen molar-refractivity contribution in [3.05, 3.63) is 29.8 Å². The Labute approximate surface area is 114 Å². The molecule has 1 aromatic rings. The number of amides is 1. The molecule has 1 aromatic carbocycles. The Morgan fingerprint density at radius 3 is 2.60 bits per heavy atom. The van der Waals surface area contributed by atoms with Crippen LogP contribution in [0.4, 0.5) is 18.9 Å². The van der Waals surface area contributed by atoms with Gasteiger partial charge in [0.25, 0.3) is 0 Å². The number of benzene rings is 1. The van der Waals surface area contributed by atoms with E-state index in [0.29, 0.717) is 6.54 Å². The smallest absolute Gasteiger partial charge is 0.329 e. The third kappa shape index (κ3) is 2.64. The van der Waals surface area contributed by atoms with E-state index < -0.39 is 11.7 Å². The van der Waals surface area contributed by atoms with Crippen LogP contribution in [-0.4, -0.2) is 30.0 Å². The zero-order chi connectivity index (χ0) is 14.9. The lowest BCUT2D eigenvalue weighted by molar-refractivity contribution is -0.137. The predicted octanol–water partition coefficient (Wildman–Crippen LogP) is 2.01. The number of nitrogens with two attached hydrogens (primary N) is 1. The minimum atomic E-state index is -4.50. The zero-order valence-corrected chi connectivity index (χ0v) is 11.0. The van der Waals surface area contributed by atoms with Gasteiger partial charge < -0.3 is 5.73 Å². The van der Waals surface area contributed by atoms with Gasteiger partial charge in [-0.25, -0.2) is 10.0 Å². The van der Waals surface area contributed by atoms with Gasteiger partial charge in [-0.15, -0.1) is 0 Å². The number of carbonyl (C=O) groups is 1. The van der Waals surface area contributed by atoms with E-state index >= 15 is 0 Å². The fourth-order valence-electron chi connectivity index (χ4n) is 2.41. The van der Waals surface area contributed by atoms with Gasteiger partial charge >= 0.3 is 6.18 Å². The molecule has 0 saturated carbocycles. The van der Waals surface area contributed by atoms with Crippen LogP contribution in [0.1, 0.15) is 18.9 Å². The van der Waals surface area contributed by atoms with Crippen molar-refractivity contribution in [2.75, 3.05) is 18.1 Å². The molecular weight excluding hydrogens is 271 g/mol. The minimum Gasteiger partial charge on any atom is -0.329 e. The van der Waals surface area contributed by atoms with Crippen LogP contribution in [-0.2, 0) is 11.0 Å². The van der Waals surface area contributed by atoms with Gasteiger partial charge in [-0.05, 0) is 19.1 Å². The molecular formula is C13H16F3N3O. The van der Waals surface area contributed by atoms with Gasteiger partial charge in [-0.2, -0.15) is 13.2 Å². The molecule has 1 fully saturated rings. The standard InChI is InChI=1S/C13H16F3N3O/c1-9-8-12(20)19(18(9)7-6-17)11-5-3-2-4-10(11)13(14,15)16/h2-5,9H,6-8,17H2,1H3. The summed E-state index contributed by atoms with van der Waals surface area (Å²) in [4.78, 5) is 12.0. The molecule has 1 unspecified atom stereocenters. The van der Waals surface area contributed by atoms with Crippen molar-refractivity contribution in [2.45, 2.75) is 25.6 Å². The van der Waals surface area contributed by atoms with Crippen molar-refractivity contribution < 1.29 is 18.0 Å². The third-order valence-corrected chi connectivity index (χ3v) is 3.27. The highest BCUT2D eigenvalue weighted by atomic mass is 19.4. The number of anilines is 1. The highest BCUT2D eigenvalue weighted by molar-refractivity contribution is 5.95. The van der Waals surface area contributed by atoms with Crippen molar-refractivity contribution in [1.82, 2.24) is 5.01 Å². The lowest BCUT2D eigenvalue weighted by Crippen LogP contribution is -2.45. The Hall–Kier alpha value is -1.60. The van der Waals surface area contributed by atoms with Crippen molar-refractivity contribution in [3.8, 4) is 0 Å². The van der Waals surface area contributed by atoms with E-state index in [1.54, 1.807) is 11.9 Å². The summed E-state index contributed by atoms with van der Waals surface area (Å²) < 4.78 is 39.2. The highest BCUT2D eigenvalue weighted by Gasteiger charge is 2.41. The number of halogens is 3. The summed E-state index contributed by atoms with van der Waals surface area (Å²) in [5, 5.41) is 2.70. The maximum atomic E-state index is 13.1. The third-order valence-electron chi connectivity index (χ3n) is 3.27. The fraction of sp³-hybridized carbons (Fsp3) is 0.462. The summed E-state index contributed by atoms with van der Waals surface area (Å²) in [7, 11) is 0. The summed E-state index contributed by atoms with van der Waals surface area (Å²) in [6.45, 7) is 2.39. The molecule has 20 heavy (non-hydrogen) atoms. The number of para-hydroxylation sites is 1. The minimum absolute atomic E-state index is 0.136. The van der Waals surface area contributed by atoms with Crippen LogP contribution in [0.5, 0.6) is 0 Å². The summed E-state index contributed by atoms with van der Waals surface area (Å²) in [5.74, 6) is -0.345. The van der Waals surface area contributed by atoms with Crippen molar-refractivity contribution >= 4 is 11.6 Å². The zero-order valence-electron chi connectivity index (χ0n) is 11.0. The second-order valence-electron chi connectivity index (χ2n) is 4.73. The van der Waals surface area contributed by atoms with E-state index in [0.717, 1.165) is 11.1 Å². The fourth-order valence-corrected chi connectivity index (χ4v) is 2.41. The SMILES string of the molecule is CC1CC(=O)N(c2ccccc2C(F)(F)F)N1CCN. The van der Waals surface area contributed by atoms with Crippen LogP contribution >= 0.6 is 0 Å². The van der Waals surface area contributed by atoms with E-state index in [1.165, 1.54) is 18.2 Å². The van der Waals surface area contributed by atoms with E-state index in [-0.39, 0.29) is 30.6 Å². The maximum absolute atomic E-state index is 13.1. The van der Waals surface area contributed by atoms with Crippen LogP contribution in [0, 0.1) is 0 Å². The molecule has 2 N–H and O–H groups in total. The van der Waals surface area contributed by atoms with Gasteiger partial charge in [-0.1, -0.05) is 12.1 Å². The number of hydrazine groups is 1. The molecule has 4 nitrogen and oxygen atoms in total. The second kappa shape index (κ2) is 5.41. The van der Waals surface area contributed by atoms with Crippen LogP contribution in [0.25, 0.3) is 0 Å². The van der Waals surface area contributed by atoms with E-state index in [4.69, 9.17) is 5.73 Å². The van der Waals surface area contributed by atoms with Crippen LogP contribution in [0.3, 0.4) is 0 Å². The normalized spacial score (nSPS) is 20.8. The van der Waals surface area contributed by atoms with Crippen molar-refractivity contribution in [3.63, 3.8) is 0 Å². The van der Waals surface area contributed by atoms with Gasteiger partial charge in [0, 0.05) is 25.6 Å².